The van der Waals surface area contributed by atoms with E-state index in [0.717, 1.165) is 30.2 Å². The molecule has 32 heavy (non-hydrogen) atoms. The average Bonchev–Trinajstić information content (AvgIpc) is 2.80. The Bertz CT molecular complexity index is 1080. The highest BCUT2D eigenvalue weighted by Gasteiger charge is 2.27. The fourth-order valence-corrected chi connectivity index (χ4v) is 4.32. The molecule has 1 aliphatic rings. The van der Waals surface area contributed by atoms with Gasteiger partial charge in [0.25, 0.3) is 0 Å². The van der Waals surface area contributed by atoms with E-state index < -0.39 is 5.97 Å². The molecule has 0 amide bonds. The van der Waals surface area contributed by atoms with Crippen molar-refractivity contribution in [1.29, 1.82) is 0 Å². The zero-order valence-electron chi connectivity index (χ0n) is 17.9. The van der Waals surface area contributed by atoms with Crippen molar-refractivity contribution in [1.82, 2.24) is 10.3 Å². The van der Waals surface area contributed by atoms with Crippen molar-refractivity contribution in [2.24, 2.45) is 0 Å². The third-order valence-corrected chi connectivity index (χ3v) is 6.19. The molecule has 0 unspecified atom stereocenters. The number of carbonyl (C=O) groups is 1. The largest absolute Gasteiger partial charge is 0.481 e. The van der Waals surface area contributed by atoms with Gasteiger partial charge in [-0.15, -0.1) is 0 Å². The number of pyridine rings is 1. The zero-order valence-corrected chi connectivity index (χ0v) is 18.6. The van der Waals surface area contributed by atoms with E-state index in [-0.39, 0.29) is 24.4 Å². The van der Waals surface area contributed by atoms with Gasteiger partial charge < -0.3 is 21.1 Å². The molecule has 2 heterocycles. The molecule has 4 N–H and O–H groups in total. The van der Waals surface area contributed by atoms with Gasteiger partial charge in [0.1, 0.15) is 5.82 Å². The highest BCUT2D eigenvalue weighted by atomic mass is 35.5. The molecule has 3 atom stereocenters. The van der Waals surface area contributed by atoms with E-state index >= 15 is 0 Å². The SMILES string of the molecule is C[C@H](CN[C@H](c1ccccc1)[C@H]1CNc2cccnc2N1)c1ccc(CC(=O)O)c(Cl)c1. The van der Waals surface area contributed by atoms with Crippen molar-refractivity contribution in [3.05, 3.63) is 88.6 Å². The third-order valence-electron chi connectivity index (χ3n) is 5.84. The second kappa shape index (κ2) is 10.0. The van der Waals surface area contributed by atoms with Crippen LogP contribution in [0.1, 0.15) is 35.6 Å². The molecule has 6 nitrogen and oxygen atoms in total. The highest BCUT2D eigenvalue weighted by Crippen LogP contribution is 2.29. The standard InChI is InChI=1S/C25H27ClN4O2/c1-16(18-9-10-19(13-23(31)32)20(26)12-18)14-29-24(17-6-3-2-4-7-17)22-15-28-21-8-5-11-27-25(21)30-22/h2-12,16,22,24,28-29H,13-15H2,1H3,(H,27,30)(H,31,32)/t16-,22-,24-/m1/s1. The number of benzene rings is 2. The summed E-state index contributed by atoms with van der Waals surface area (Å²) >= 11 is 6.34. The fraction of sp³-hybridized carbons (Fsp3) is 0.280. The minimum absolute atomic E-state index is 0.0717. The molecule has 1 aliphatic heterocycles. The summed E-state index contributed by atoms with van der Waals surface area (Å²) in [5.74, 6) is 0.171. The van der Waals surface area contributed by atoms with Gasteiger partial charge in [0, 0.05) is 24.3 Å². The second-order valence-electron chi connectivity index (χ2n) is 8.15. The van der Waals surface area contributed by atoms with E-state index in [2.05, 4.69) is 52.1 Å². The van der Waals surface area contributed by atoms with Gasteiger partial charge in [-0.05, 0) is 40.8 Å². The smallest absolute Gasteiger partial charge is 0.307 e. The first-order chi connectivity index (χ1) is 15.5. The normalized spacial score (nSPS) is 16.9. The number of fused-ring (bicyclic) bond motifs is 1. The van der Waals surface area contributed by atoms with Crippen molar-refractivity contribution < 1.29 is 9.90 Å². The van der Waals surface area contributed by atoms with Gasteiger partial charge in [-0.1, -0.05) is 61.0 Å². The van der Waals surface area contributed by atoms with Crippen molar-refractivity contribution in [2.45, 2.75) is 31.3 Å². The van der Waals surface area contributed by atoms with Gasteiger partial charge in [-0.25, -0.2) is 4.98 Å². The van der Waals surface area contributed by atoms with Crippen LogP contribution in [0.2, 0.25) is 5.02 Å². The topological polar surface area (TPSA) is 86.3 Å². The van der Waals surface area contributed by atoms with E-state index in [1.807, 2.05) is 36.4 Å². The number of aliphatic carboxylic acids is 1. The molecule has 3 aromatic rings. The maximum Gasteiger partial charge on any atom is 0.307 e. The predicted molar refractivity (Wildman–Crippen MR) is 129 cm³/mol. The summed E-state index contributed by atoms with van der Waals surface area (Å²) in [6.45, 7) is 3.65. The average molecular weight is 451 g/mol. The highest BCUT2D eigenvalue weighted by molar-refractivity contribution is 6.31. The first kappa shape index (κ1) is 22.1. The van der Waals surface area contributed by atoms with Crippen LogP contribution in [0, 0.1) is 0 Å². The maximum atomic E-state index is 11.0. The summed E-state index contributed by atoms with van der Waals surface area (Å²) in [4.78, 5) is 15.5. The van der Waals surface area contributed by atoms with Gasteiger partial charge in [0.2, 0.25) is 0 Å². The molecule has 0 saturated carbocycles. The number of hydrogen-bond donors (Lipinski definition) is 4. The van der Waals surface area contributed by atoms with E-state index in [0.29, 0.717) is 10.6 Å². The minimum atomic E-state index is -0.885. The van der Waals surface area contributed by atoms with Gasteiger partial charge in [-0.3, -0.25) is 4.79 Å². The second-order valence-corrected chi connectivity index (χ2v) is 8.56. The molecule has 1 aromatic heterocycles. The maximum absolute atomic E-state index is 11.0. The predicted octanol–water partition coefficient (Wildman–Crippen LogP) is 4.70. The van der Waals surface area contributed by atoms with E-state index in [1.54, 1.807) is 6.20 Å². The Morgan fingerprint density at radius 1 is 1.19 bits per heavy atom. The van der Waals surface area contributed by atoms with Gasteiger partial charge >= 0.3 is 5.97 Å². The molecule has 2 aromatic carbocycles. The summed E-state index contributed by atoms with van der Waals surface area (Å²) in [6.07, 6.45) is 1.72. The summed E-state index contributed by atoms with van der Waals surface area (Å²) < 4.78 is 0. The molecule has 0 radical (unpaired) electrons. The number of aromatic nitrogens is 1. The summed E-state index contributed by atoms with van der Waals surface area (Å²) in [7, 11) is 0. The summed E-state index contributed by atoms with van der Waals surface area (Å²) in [5.41, 5.74) is 3.92. The van der Waals surface area contributed by atoms with Crippen molar-refractivity contribution >= 4 is 29.1 Å². The lowest BCUT2D eigenvalue weighted by Gasteiger charge is -2.35. The Balaban J connectivity index is 1.49. The Kier molecular flexibility index (Phi) is 6.93. The van der Waals surface area contributed by atoms with Gasteiger partial charge in [-0.2, -0.15) is 0 Å². The number of rotatable bonds is 8. The minimum Gasteiger partial charge on any atom is -0.481 e. The first-order valence-corrected chi connectivity index (χ1v) is 11.1. The molecule has 0 bridgehead atoms. The third kappa shape index (κ3) is 5.21. The number of carboxylic acid groups (broad SMARTS) is 1. The molecule has 0 spiro atoms. The van der Waals surface area contributed by atoms with Crippen molar-refractivity contribution in [2.75, 3.05) is 23.7 Å². The van der Waals surface area contributed by atoms with Crippen LogP contribution in [0.4, 0.5) is 11.5 Å². The van der Waals surface area contributed by atoms with Crippen molar-refractivity contribution in [3.63, 3.8) is 0 Å². The monoisotopic (exact) mass is 450 g/mol. The van der Waals surface area contributed by atoms with Crippen LogP contribution in [0.3, 0.4) is 0 Å². The first-order valence-electron chi connectivity index (χ1n) is 10.7. The van der Waals surface area contributed by atoms with E-state index in [9.17, 15) is 4.79 Å². The summed E-state index contributed by atoms with van der Waals surface area (Å²) in [6, 6.07) is 20.2. The van der Waals surface area contributed by atoms with Crippen LogP contribution in [0.15, 0.2) is 66.9 Å². The van der Waals surface area contributed by atoms with E-state index in [1.165, 1.54) is 5.56 Å². The molecule has 0 fully saturated rings. The van der Waals surface area contributed by atoms with Gasteiger partial charge in [0.05, 0.1) is 24.2 Å². The van der Waals surface area contributed by atoms with E-state index in [4.69, 9.17) is 16.7 Å². The Morgan fingerprint density at radius 2 is 2.00 bits per heavy atom. The van der Waals surface area contributed by atoms with Gasteiger partial charge in [0.15, 0.2) is 0 Å². The number of nitrogens with zero attached hydrogens (tertiary/aromatic N) is 1. The molecular weight excluding hydrogens is 424 g/mol. The number of hydrogen-bond acceptors (Lipinski definition) is 5. The van der Waals surface area contributed by atoms with Crippen LogP contribution in [-0.2, 0) is 11.2 Å². The lowest BCUT2D eigenvalue weighted by molar-refractivity contribution is -0.136. The Labute approximate surface area is 193 Å². The lowest BCUT2D eigenvalue weighted by Crippen LogP contribution is -2.45. The van der Waals surface area contributed by atoms with Crippen LogP contribution in [0.25, 0.3) is 0 Å². The fourth-order valence-electron chi connectivity index (χ4n) is 4.06. The molecular formula is C25H27ClN4O2. The number of carboxylic acids is 1. The molecule has 166 valence electrons. The molecule has 7 heteroatoms. The van der Waals surface area contributed by atoms with Crippen LogP contribution in [0.5, 0.6) is 0 Å². The Hall–Kier alpha value is -3.09. The number of halogens is 1. The number of nitrogens with one attached hydrogen (secondary N) is 3. The molecule has 4 rings (SSSR count). The van der Waals surface area contributed by atoms with Crippen LogP contribution < -0.4 is 16.0 Å². The Morgan fingerprint density at radius 3 is 2.75 bits per heavy atom. The van der Waals surface area contributed by atoms with Crippen molar-refractivity contribution in [3.8, 4) is 0 Å². The quantitative estimate of drug-likeness (QED) is 0.398. The molecule has 0 saturated heterocycles. The van der Waals surface area contributed by atoms with Crippen LogP contribution in [-0.4, -0.2) is 35.2 Å². The summed E-state index contributed by atoms with van der Waals surface area (Å²) in [5, 5.41) is 20.3. The molecule has 0 aliphatic carbocycles. The lowest BCUT2D eigenvalue weighted by atomic mass is 9.95. The number of anilines is 2. The van der Waals surface area contributed by atoms with Crippen LogP contribution >= 0.6 is 11.6 Å². The zero-order chi connectivity index (χ0) is 22.5.